The first kappa shape index (κ1) is 52.0. The van der Waals surface area contributed by atoms with E-state index in [-0.39, 0.29) is 12.6 Å². The van der Waals surface area contributed by atoms with Gasteiger partial charge < -0.3 is 5.11 Å². The Kier molecular flexibility index (Phi) is 64.4. The van der Waals surface area contributed by atoms with Gasteiger partial charge in [-0.05, 0) is 12.5 Å². The second-order valence-electron chi connectivity index (χ2n) is 6.31. The van der Waals surface area contributed by atoms with Crippen molar-refractivity contribution in [2.75, 3.05) is 0 Å². The Labute approximate surface area is 267 Å². The molecule has 1 N–H and O–H groups in total. The summed E-state index contributed by atoms with van der Waals surface area (Å²) >= 11 is 0. The molecule has 0 saturated carbocycles. The third kappa shape index (κ3) is 66.0. The number of hydrogen-bond acceptors (Lipinski definition) is 6. The molecule has 0 spiro atoms. The van der Waals surface area contributed by atoms with E-state index in [1.165, 1.54) is 5.56 Å². The van der Waals surface area contributed by atoms with Gasteiger partial charge in [0.05, 0.1) is 6.42 Å². The van der Waals surface area contributed by atoms with Crippen molar-refractivity contribution in [3.8, 4) is 0 Å². The zero-order chi connectivity index (χ0) is 35.3. The Hall–Kier alpha value is -4.65. The van der Waals surface area contributed by atoms with E-state index in [9.17, 15) is 4.79 Å². The molecule has 0 radical (unpaired) electrons. The van der Waals surface area contributed by atoms with Crippen molar-refractivity contribution >= 4 is 22.7 Å². The molecular weight excluding hydrogens is 576 g/mol. The maximum absolute atomic E-state index is 10.2. The number of carbonyl (C=O) groups is 1. The molecule has 0 aliphatic heterocycles. The second-order valence-corrected chi connectivity index (χ2v) is 6.72. The van der Waals surface area contributed by atoms with E-state index < -0.39 is 16.6 Å². The maximum atomic E-state index is 10.2. The molecule has 4 rings (SSSR count). The standard InChI is InChI=1S/C8H8O2.C7H8.2C6H6.4C2H6.CO2.O3S/c9-8(10)6-7-4-2-1-3-5-7;1-7-5-3-2-4-6-7;2*1-2-4-6-5-3-1;4*1-2;2-1-3;1-4(2)3/h1-5H,6H2,(H,9,10);2-6H,1H3;2*1-6H;4*1-2H3;;. The Balaban J connectivity index is -0.0000000967. The van der Waals surface area contributed by atoms with E-state index in [4.69, 9.17) is 27.3 Å². The van der Waals surface area contributed by atoms with Gasteiger partial charge in [-0.1, -0.05) is 194 Å². The maximum Gasteiger partial charge on any atom is 0.425 e. The van der Waals surface area contributed by atoms with Crippen LogP contribution >= 0.6 is 0 Å². The van der Waals surface area contributed by atoms with Gasteiger partial charge in [-0.3, -0.25) is 4.79 Å². The van der Waals surface area contributed by atoms with Crippen LogP contribution in [-0.4, -0.2) is 29.9 Å². The first-order valence-electron chi connectivity index (χ1n) is 14.4. The molecule has 4 aromatic carbocycles. The summed E-state index contributed by atoms with van der Waals surface area (Å²) in [5.41, 5.74) is 2.16. The van der Waals surface area contributed by atoms with Crippen LogP contribution in [-0.2, 0) is 31.4 Å². The summed E-state index contributed by atoms with van der Waals surface area (Å²) in [5.74, 6) is -0.786. The number of aliphatic carboxylic acids is 1. The van der Waals surface area contributed by atoms with Gasteiger partial charge in [0, 0.05) is 0 Å². The van der Waals surface area contributed by atoms with Crippen LogP contribution in [0.2, 0.25) is 0 Å². The molecule has 8 heteroatoms. The van der Waals surface area contributed by atoms with Crippen molar-refractivity contribution < 1.29 is 32.1 Å². The van der Waals surface area contributed by atoms with Crippen LogP contribution in [0.25, 0.3) is 0 Å². The molecule has 0 saturated heterocycles. The summed E-state index contributed by atoms with van der Waals surface area (Å²) in [6.45, 7) is 18.1. The van der Waals surface area contributed by atoms with Crippen molar-refractivity contribution in [3.05, 3.63) is 145 Å². The van der Waals surface area contributed by atoms with Crippen molar-refractivity contribution in [3.63, 3.8) is 0 Å². The molecule has 0 fully saturated rings. The number of hydrogen-bond donors (Lipinski definition) is 1. The fourth-order valence-corrected chi connectivity index (χ4v) is 2.07. The molecule has 44 heavy (non-hydrogen) atoms. The minimum absolute atomic E-state index is 0.112. The molecule has 0 aromatic heterocycles. The fraction of sp³-hybridized carbons (Fsp3) is 0.278. The summed E-state index contributed by atoms with van der Waals surface area (Å²) in [5, 5.41) is 8.37. The van der Waals surface area contributed by atoms with Crippen LogP contribution in [0, 0.1) is 6.92 Å². The van der Waals surface area contributed by atoms with Crippen LogP contribution in [0.5, 0.6) is 0 Å². The van der Waals surface area contributed by atoms with E-state index in [2.05, 4.69) is 19.1 Å². The van der Waals surface area contributed by atoms with Gasteiger partial charge >= 0.3 is 22.7 Å². The molecule has 0 amide bonds. The quantitative estimate of drug-likeness (QED) is 0.235. The van der Waals surface area contributed by atoms with Gasteiger partial charge in [-0.15, -0.1) is 12.6 Å². The Morgan fingerprint density at radius 2 is 0.705 bits per heavy atom. The largest absolute Gasteiger partial charge is 0.481 e. The Morgan fingerprint density at radius 3 is 0.864 bits per heavy atom. The number of carboxylic acid groups (broad SMARTS) is 1. The lowest BCUT2D eigenvalue weighted by Gasteiger charge is -1.92. The van der Waals surface area contributed by atoms with Crippen molar-refractivity contribution in [1.29, 1.82) is 0 Å². The fourth-order valence-electron chi connectivity index (χ4n) is 2.07. The number of aryl methyl sites for hydroxylation is 1. The minimum atomic E-state index is -3.11. The molecule has 0 heterocycles. The van der Waals surface area contributed by atoms with Gasteiger partial charge in [0.2, 0.25) is 0 Å². The molecule has 244 valence electrons. The lowest BCUT2D eigenvalue weighted by Crippen LogP contribution is -1.98. The number of benzene rings is 4. The van der Waals surface area contributed by atoms with Gasteiger partial charge in [0.15, 0.2) is 0 Å². The average Bonchev–Trinajstić information content (AvgIpc) is 3.08. The zero-order valence-corrected chi connectivity index (χ0v) is 28.5. The van der Waals surface area contributed by atoms with E-state index >= 15 is 0 Å². The van der Waals surface area contributed by atoms with E-state index in [0.29, 0.717) is 0 Å². The van der Waals surface area contributed by atoms with Crippen LogP contribution < -0.4 is 0 Å². The van der Waals surface area contributed by atoms with Gasteiger partial charge in [-0.2, -0.15) is 9.59 Å². The van der Waals surface area contributed by atoms with Gasteiger partial charge in [0.25, 0.3) is 0 Å². The summed E-state index contributed by atoms with van der Waals surface area (Å²) in [6, 6.07) is 43.4. The highest BCUT2D eigenvalue weighted by Gasteiger charge is 1.96. The summed E-state index contributed by atoms with van der Waals surface area (Å²) < 4.78 is 25.3. The SMILES string of the molecule is CC.CC.CC.CC.Cc1ccccc1.O=C(O)Cc1ccccc1.O=C=O.O=S(=O)=O.c1ccccc1.c1ccccc1. The lowest BCUT2D eigenvalue weighted by molar-refractivity contribution is -0.191. The van der Waals surface area contributed by atoms with Crippen LogP contribution in [0.4, 0.5) is 0 Å². The molecule has 7 nitrogen and oxygen atoms in total. The average molecular weight is 629 g/mol. The Bertz CT molecular complexity index is 1060. The third-order valence-electron chi connectivity index (χ3n) is 3.47. The summed E-state index contributed by atoms with van der Waals surface area (Å²) in [6.07, 6.45) is 0.362. The molecule has 0 unspecified atom stereocenters. The first-order valence-corrected chi connectivity index (χ1v) is 15.4. The monoisotopic (exact) mass is 628 g/mol. The molecule has 4 aromatic rings. The Morgan fingerprint density at radius 1 is 0.523 bits per heavy atom. The van der Waals surface area contributed by atoms with E-state index in [0.717, 1.165) is 5.56 Å². The number of rotatable bonds is 2. The van der Waals surface area contributed by atoms with Crippen molar-refractivity contribution in [1.82, 2.24) is 0 Å². The second kappa shape index (κ2) is 54.4. The van der Waals surface area contributed by atoms with Crippen molar-refractivity contribution in [2.45, 2.75) is 68.7 Å². The van der Waals surface area contributed by atoms with Crippen LogP contribution in [0.15, 0.2) is 133 Å². The smallest absolute Gasteiger partial charge is 0.425 e. The van der Waals surface area contributed by atoms with Gasteiger partial charge in [0.1, 0.15) is 0 Å². The molecule has 0 aliphatic carbocycles. The first-order chi connectivity index (χ1) is 21.3. The summed E-state index contributed by atoms with van der Waals surface area (Å²) in [7, 11) is -3.11. The van der Waals surface area contributed by atoms with Crippen molar-refractivity contribution in [2.24, 2.45) is 0 Å². The molecule has 0 bridgehead atoms. The summed E-state index contributed by atoms with van der Waals surface area (Å²) in [4.78, 5) is 26.4. The zero-order valence-electron chi connectivity index (χ0n) is 27.7. The highest BCUT2D eigenvalue weighted by molar-refractivity contribution is 7.59. The topological polar surface area (TPSA) is 123 Å². The highest BCUT2D eigenvalue weighted by Crippen LogP contribution is 1.98. The van der Waals surface area contributed by atoms with E-state index in [1.54, 1.807) is 12.1 Å². The molecular formula is C36H52O7S. The van der Waals surface area contributed by atoms with Crippen LogP contribution in [0.3, 0.4) is 0 Å². The van der Waals surface area contributed by atoms with Gasteiger partial charge in [-0.25, -0.2) is 0 Å². The number of carbonyl (C=O) groups excluding carboxylic acids is 2. The minimum Gasteiger partial charge on any atom is -0.481 e. The van der Waals surface area contributed by atoms with E-state index in [1.807, 2.05) is 165 Å². The molecule has 0 atom stereocenters. The molecule has 0 aliphatic rings. The predicted molar refractivity (Wildman–Crippen MR) is 182 cm³/mol. The lowest BCUT2D eigenvalue weighted by atomic mass is 10.2. The van der Waals surface area contributed by atoms with Crippen LogP contribution in [0.1, 0.15) is 66.5 Å². The normalized spacial score (nSPS) is 6.93. The third-order valence-corrected chi connectivity index (χ3v) is 3.47. The highest BCUT2D eigenvalue weighted by atomic mass is 32.2. The predicted octanol–water partition coefficient (Wildman–Crippen LogP) is 9.20. The number of carboxylic acids is 1.